The lowest BCUT2D eigenvalue weighted by Gasteiger charge is -2.17. The molecule has 0 spiro atoms. The Kier molecular flexibility index (Phi) is 6.22. The summed E-state index contributed by atoms with van der Waals surface area (Å²) in [5.41, 5.74) is 4.07. The molecule has 0 bridgehead atoms. The summed E-state index contributed by atoms with van der Waals surface area (Å²) in [5, 5.41) is 2.75. The van der Waals surface area contributed by atoms with Crippen molar-refractivity contribution in [3.8, 4) is 0 Å². The van der Waals surface area contributed by atoms with Gasteiger partial charge in [-0.2, -0.15) is 0 Å². The monoisotopic (exact) mass is 399 g/mol. The van der Waals surface area contributed by atoms with Crippen LogP contribution in [0.5, 0.6) is 0 Å². The molecule has 134 valence electrons. The van der Waals surface area contributed by atoms with Crippen LogP contribution in [-0.2, 0) is 0 Å². The molecule has 0 aliphatic heterocycles. The molecule has 1 nitrogen and oxygen atoms in total. The lowest BCUT2D eigenvalue weighted by molar-refractivity contribution is 0.487. The molecule has 25 heavy (non-hydrogen) atoms. The molecular weight excluding hydrogens is 370 g/mol. The molecule has 3 aromatic rings. The van der Waals surface area contributed by atoms with Gasteiger partial charge in [-0.25, -0.2) is 0 Å². The maximum absolute atomic E-state index is 3.66. The van der Waals surface area contributed by atoms with E-state index in [-0.39, 0.29) is 0 Å². The highest BCUT2D eigenvalue weighted by Gasteiger charge is 2.15. The van der Waals surface area contributed by atoms with E-state index in [2.05, 4.69) is 77.7 Å². The minimum Gasteiger partial charge on any atom is -0.338 e. The van der Waals surface area contributed by atoms with Crippen molar-refractivity contribution >= 4 is 37.7 Å². The van der Waals surface area contributed by atoms with Crippen LogP contribution < -0.4 is 0 Å². The molecule has 0 aliphatic rings. The van der Waals surface area contributed by atoms with E-state index >= 15 is 0 Å². The van der Waals surface area contributed by atoms with Crippen molar-refractivity contribution in [2.24, 2.45) is 0 Å². The second-order valence-corrected chi connectivity index (χ2v) is 8.37. The number of unbranched alkanes of at least 4 members (excludes halogenated alkanes) is 5. The van der Waals surface area contributed by atoms with Gasteiger partial charge in [0, 0.05) is 26.8 Å². The van der Waals surface area contributed by atoms with Crippen LogP contribution >= 0.6 is 15.9 Å². The number of hydrogen-bond donors (Lipinski definition) is 0. The first-order valence-corrected chi connectivity index (χ1v) is 10.6. The Hall–Kier alpha value is -1.28. The first-order valence-electron chi connectivity index (χ1n) is 9.81. The van der Waals surface area contributed by atoms with Crippen LogP contribution in [0.3, 0.4) is 0 Å². The standard InChI is InChI=1S/C23H30BrN/c1-4-5-6-7-8-9-10-18(3)25-22-15-17(2)11-13-20(22)21-14-12-19(24)16-23(21)25/h11-16,18H,4-10H2,1-3H3. The van der Waals surface area contributed by atoms with Crippen LogP contribution in [0, 0.1) is 6.92 Å². The van der Waals surface area contributed by atoms with Gasteiger partial charge >= 0.3 is 0 Å². The van der Waals surface area contributed by atoms with Gasteiger partial charge in [-0.05, 0) is 44.0 Å². The van der Waals surface area contributed by atoms with Crippen LogP contribution in [0.2, 0.25) is 0 Å². The van der Waals surface area contributed by atoms with E-state index in [1.54, 1.807) is 0 Å². The summed E-state index contributed by atoms with van der Waals surface area (Å²) in [4.78, 5) is 0. The minimum atomic E-state index is 0.530. The van der Waals surface area contributed by atoms with Crippen molar-refractivity contribution in [3.05, 3.63) is 46.4 Å². The summed E-state index contributed by atoms with van der Waals surface area (Å²) < 4.78 is 3.72. The fourth-order valence-electron chi connectivity index (χ4n) is 3.95. The number of nitrogens with zero attached hydrogens (tertiary/aromatic N) is 1. The SMILES string of the molecule is CCCCCCCCC(C)n1c2cc(C)ccc2c2ccc(Br)cc21. The van der Waals surface area contributed by atoms with Crippen molar-refractivity contribution in [3.63, 3.8) is 0 Å². The van der Waals surface area contributed by atoms with Crippen LogP contribution in [0.15, 0.2) is 40.9 Å². The van der Waals surface area contributed by atoms with Gasteiger partial charge in [0.2, 0.25) is 0 Å². The zero-order valence-electron chi connectivity index (χ0n) is 15.8. The Morgan fingerprint density at radius 2 is 1.52 bits per heavy atom. The smallest absolute Gasteiger partial charge is 0.0505 e. The van der Waals surface area contributed by atoms with Crippen LogP contribution in [0.4, 0.5) is 0 Å². The number of fused-ring (bicyclic) bond motifs is 3. The number of aromatic nitrogens is 1. The first kappa shape index (κ1) is 18.5. The van der Waals surface area contributed by atoms with Gasteiger partial charge in [-0.3, -0.25) is 0 Å². The molecule has 0 aliphatic carbocycles. The van der Waals surface area contributed by atoms with Gasteiger partial charge in [0.05, 0.1) is 5.52 Å². The zero-order valence-corrected chi connectivity index (χ0v) is 17.4. The van der Waals surface area contributed by atoms with Crippen molar-refractivity contribution in [2.75, 3.05) is 0 Å². The molecule has 0 radical (unpaired) electrons. The van der Waals surface area contributed by atoms with Crippen LogP contribution in [0.25, 0.3) is 21.8 Å². The van der Waals surface area contributed by atoms with E-state index in [0.717, 1.165) is 4.47 Å². The van der Waals surface area contributed by atoms with Crippen molar-refractivity contribution in [1.29, 1.82) is 0 Å². The predicted molar refractivity (Wildman–Crippen MR) is 115 cm³/mol. The van der Waals surface area contributed by atoms with Gasteiger partial charge in [-0.15, -0.1) is 0 Å². The topological polar surface area (TPSA) is 4.93 Å². The highest BCUT2D eigenvalue weighted by molar-refractivity contribution is 9.10. The normalized spacial score (nSPS) is 13.0. The first-order chi connectivity index (χ1) is 12.1. The lowest BCUT2D eigenvalue weighted by atomic mass is 10.1. The lowest BCUT2D eigenvalue weighted by Crippen LogP contribution is -2.05. The quantitative estimate of drug-likeness (QED) is 0.336. The maximum Gasteiger partial charge on any atom is 0.0505 e. The van der Waals surface area contributed by atoms with Gasteiger partial charge in [0.15, 0.2) is 0 Å². The van der Waals surface area contributed by atoms with Crippen molar-refractivity contribution in [1.82, 2.24) is 4.57 Å². The highest BCUT2D eigenvalue weighted by Crippen LogP contribution is 2.35. The summed E-state index contributed by atoms with van der Waals surface area (Å²) in [5.74, 6) is 0. The minimum absolute atomic E-state index is 0.530. The van der Waals surface area contributed by atoms with Gasteiger partial charge in [-0.1, -0.05) is 79.6 Å². The molecule has 0 fully saturated rings. The number of halogens is 1. The Morgan fingerprint density at radius 1 is 0.880 bits per heavy atom. The molecule has 1 heterocycles. The largest absolute Gasteiger partial charge is 0.338 e. The van der Waals surface area contributed by atoms with E-state index in [4.69, 9.17) is 0 Å². The van der Waals surface area contributed by atoms with Gasteiger partial charge < -0.3 is 4.57 Å². The van der Waals surface area contributed by atoms with Gasteiger partial charge in [0.25, 0.3) is 0 Å². The van der Waals surface area contributed by atoms with E-state index in [1.807, 2.05) is 0 Å². The maximum atomic E-state index is 3.66. The average molecular weight is 400 g/mol. The Morgan fingerprint density at radius 3 is 2.28 bits per heavy atom. The Balaban J connectivity index is 1.87. The summed E-state index contributed by atoms with van der Waals surface area (Å²) in [6, 6.07) is 14.1. The number of hydrogen-bond acceptors (Lipinski definition) is 0. The third-order valence-electron chi connectivity index (χ3n) is 5.34. The molecule has 3 rings (SSSR count). The molecule has 2 aromatic carbocycles. The summed E-state index contributed by atoms with van der Waals surface area (Å²) in [6.45, 7) is 6.86. The third-order valence-corrected chi connectivity index (χ3v) is 5.83. The Labute approximate surface area is 160 Å². The molecule has 0 N–H and O–H groups in total. The Bertz CT molecular complexity index is 787. The van der Waals surface area contributed by atoms with Crippen LogP contribution in [-0.4, -0.2) is 4.57 Å². The second-order valence-electron chi connectivity index (χ2n) is 7.46. The van der Waals surface area contributed by atoms with E-state index in [1.165, 1.54) is 72.3 Å². The molecule has 0 saturated carbocycles. The molecule has 1 aromatic heterocycles. The van der Waals surface area contributed by atoms with Crippen LogP contribution in [0.1, 0.15) is 70.4 Å². The average Bonchev–Trinajstić information content (AvgIpc) is 2.90. The van der Waals surface area contributed by atoms with Crippen molar-refractivity contribution < 1.29 is 0 Å². The zero-order chi connectivity index (χ0) is 17.8. The van der Waals surface area contributed by atoms with E-state index < -0.39 is 0 Å². The summed E-state index contributed by atoms with van der Waals surface area (Å²) in [7, 11) is 0. The fourth-order valence-corrected chi connectivity index (χ4v) is 4.30. The molecular formula is C23H30BrN. The second kappa shape index (κ2) is 8.40. The molecule has 1 unspecified atom stereocenters. The van der Waals surface area contributed by atoms with E-state index in [0.29, 0.717) is 6.04 Å². The van der Waals surface area contributed by atoms with E-state index in [9.17, 15) is 0 Å². The van der Waals surface area contributed by atoms with Gasteiger partial charge in [0.1, 0.15) is 0 Å². The molecule has 0 saturated heterocycles. The molecule has 2 heteroatoms. The van der Waals surface area contributed by atoms with Crippen molar-refractivity contribution in [2.45, 2.75) is 71.8 Å². The molecule has 0 amide bonds. The predicted octanol–water partition coefficient (Wildman–Crippen LogP) is 8.18. The number of aryl methyl sites for hydroxylation is 1. The summed E-state index contributed by atoms with van der Waals surface area (Å²) in [6.07, 6.45) is 9.44. The third kappa shape index (κ3) is 4.11. The summed E-state index contributed by atoms with van der Waals surface area (Å²) >= 11 is 3.66. The molecule has 1 atom stereocenters. The fraction of sp³-hybridized carbons (Fsp3) is 0.478. The highest BCUT2D eigenvalue weighted by atomic mass is 79.9. The number of benzene rings is 2. The number of rotatable bonds is 8.